The lowest BCUT2D eigenvalue weighted by Crippen LogP contribution is -2.71. The molecule has 0 amide bonds. The fourth-order valence-electron chi connectivity index (χ4n) is 13.2. The van der Waals surface area contributed by atoms with E-state index in [0.717, 1.165) is 17.6 Å². The van der Waals surface area contributed by atoms with Crippen LogP contribution in [0, 0.1) is 0 Å². The number of fused-ring (bicyclic) bond motifs is 14. The van der Waals surface area contributed by atoms with E-state index < -0.39 is 0 Å². The Morgan fingerprint density at radius 1 is 0.607 bits per heavy atom. The molecular formula is C57H51BN2O. The molecule has 2 atom stereocenters. The summed E-state index contributed by atoms with van der Waals surface area (Å²) in [5, 5.41) is 2.34. The minimum absolute atomic E-state index is 0.00116. The summed E-state index contributed by atoms with van der Waals surface area (Å²) < 4.78 is 6.85. The second-order valence-electron chi connectivity index (χ2n) is 19.7. The molecule has 5 aliphatic rings. The predicted octanol–water partition coefficient (Wildman–Crippen LogP) is 13.9. The summed E-state index contributed by atoms with van der Waals surface area (Å²) in [7, 11) is 0. The topological polar surface area (TPSA) is 19.6 Å². The minimum Gasteiger partial charge on any atom is -0.456 e. The normalized spacial score (nSPS) is 21.0. The van der Waals surface area contributed by atoms with Crippen molar-refractivity contribution in [3.63, 3.8) is 0 Å². The van der Waals surface area contributed by atoms with E-state index in [0.29, 0.717) is 0 Å². The SMILES string of the molecule is CCCCc1ccc(N2c3cc4c(cc3B3c5c(cc6c(c52)C(C)(C)c2ccccc2-6)-c2cccc5c2N3C2(C)CCCCC52C)oc2ccccc24)c(-c2ccccc2)c1. The van der Waals surface area contributed by atoms with E-state index in [4.69, 9.17) is 4.42 Å². The van der Waals surface area contributed by atoms with Gasteiger partial charge < -0.3 is 14.1 Å². The Hall–Kier alpha value is -6.00. The third-order valence-corrected chi connectivity index (χ3v) is 16.4. The Morgan fingerprint density at radius 2 is 1.38 bits per heavy atom. The number of para-hydroxylation sites is 2. The molecule has 1 aromatic heterocycles. The first-order chi connectivity index (χ1) is 29.7. The Morgan fingerprint density at radius 3 is 2.25 bits per heavy atom. The van der Waals surface area contributed by atoms with Crippen molar-refractivity contribution in [3.8, 4) is 33.4 Å². The van der Waals surface area contributed by atoms with Crippen molar-refractivity contribution in [3.05, 3.63) is 156 Å². The molecule has 7 aromatic carbocycles. The van der Waals surface area contributed by atoms with Crippen molar-refractivity contribution in [1.82, 2.24) is 0 Å². The van der Waals surface area contributed by atoms with Crippen molar-refractivity contribution in [2.24, 2.45) is 0 Å². The molecule has 2 unspecified atom stereocenters. The van der Waals surface area contributed by atoms with Gasteiger partial charge in [0.05, 0.1) is 5.69 Å². The lowest BCUT2D eigenvalue weighted by molar-refractivity contribution is 0.199. The molecule has 0 N–H and O–H groups in total. The number of unbranched alkanes of at least 4 members (excludes halogenated alkanes) is 1. The third kappa shape index (κ3) is 4.46. The summed E-state index contributed by atoms with van der Waals surface area (Å²) in [4.78, 5) is 5.69. The van der Waals surface area contributed by atoms with E-state index in [1.807, 2.05) is 0 Å². The molecule has 1 saturated carbocycles. The monoisotopic (exact) mass is 790 g/mol. The zero-order chi connectivity index (χ0) is 41.0. The smallest absolute Gasteiger partial charge is 0.329 e. The van der Waals surface area contributed by atoms with Gasteiger partial charge in [0.15, 0.2) is 0 Å². The number of benzene rings is 7. The van der Waals surface area contributed by atoms with E-state index in [9.17, 15) is 0 Å². The first-order valence-electron chi connectivity index (χ1n) is 22.9. The fraction of sp³-hybridized carbons (Fsp3) is 0.263. The lowest BCUT2D eigenvalue weighted by Gasteiger charge is -2.55. The van der Waals surface area contributed by atoms with Crippen molar-refractivity contribution in [2.75, 3.05) is 9.71 Å². The number of anilines is 4. The van der Waals surface area contributed by atoms with Gasteiger partial charge in [0, 0.05) is 55.3 Å². The van der Waals surface area contributed by atoms with Crippen LogP contribution in [0.25, 0.3) is 55.3 Å². The summed E-state index contributed by atoms with van der Waals surface area (Å²) >= 11 is 0. The van der Waals surface area contributed by atoms with Crippen LogP contribution in [0.15, 0.2) is 138 Å². The molecule has 1 fully saturated rings. The number of nitrogens with zero attached hydrogens (tertiary/aromatic N) is 2. The van der Waals surface area contributed by atoms with Gasteiger partial charge in [-0.2, -0.15) is 0 Å². The number of hydrogen-bond donors (Lipinski definition) is 0. The molecule has 298 valence electrons. The zero-order valence-corrected chi connectivity index (χ0v) is 36.0. The summed E-state index contributed by atoms with van der Waals surface area (Å²) in [6.07, 6.45) is 8.31. The first-order valence-corrected chi connectivity index (χ1v) is 22.9. The maximum Gasteiger partial charge on any atom is 0.329 e. The molecule has 3 nitrogen and oxygen atoms in total. The predicted molar refractivity (Wildman–Crippen MR) is 257 cm³/mol. The van der Waals surface area contributed by atoms with Crippen molar-refractivity contribution < 1.29 is 4.42 Å². The van der Waals surface area contributed by atoms with E-state index in [1.54, 1.807) is 0 Å². The van der Waals surface area contributed by atoms with Crippen LogP contribution < -0.4 is 20.6 Å². The summed E-state index contributed by atoms with van der Waals surface area (Å²) in [6, 6.07) is 51.3. The molecule has 4 heterocycles. The highest BCUT2D eigenvalue weighted by molar-refractivity contribution is 6.93. The Labute approximate surface area is 360 Å². The van der Waals surface area contributed by atoms with Crippen LogP contribution in [0.2, 0.25) is 0 Å². The summed E-state index contributed by atoms with van der Waals surface area (Å²) in [6.45, 7) is 12.5. The van der Waals surface area contributed by atoms with Gasteiger partial charge in [-0.1, -0.05) is 144 Å². The maximum absolute atomic E-state index is 6.85. The van der Waals surface area contributed by atoms with Crippen LogP contribution in [0.4, 0.5) is 22.7 Å². The first kappa shape index (κ1) is 35.7. The second kappa shape index (κ2) is 12.3. The van der Waals surface area contributed by atoms with E-state index in [2.05, 4.69) is 178 Å². The Kier molecular flexibility index (Phi) is 7.21. The molecule has 0 radical (unpaired) electrons. The molecule has 0 spiro atoms. The molecule has 13 rings (SSSR count). The zero-order valence-electron chi connectivity index (χ0n) is 36.0. The van der Waals surface area contributed by atoms with Gasteiger partial charge in [-0.3, -0.25) is 0 Å². The summed E-state index contributed by atoms with van der Waals surface area (Å²) in [5.74, 6) is 0. The average Bonchev–Trinajstić information content (AvgIpc) is 3.84. The number of furan rings is 1. The largest absolute Gasteiger partial charge is 0.456 e. The quantitative estimate of drug-likeness (QED) is 0.162. The van der Waals surface area contributed by atoms with Gasteiger partial charge in [0.25, 0.3) is 0 Å². The van der Waals surface area contributed by atoms with Crippen LogP contribution in [-0.2, 0) is 17.3 Å². The van der Waals surface area contributed by atoms with E-state index >= 15 is 0 Å². The van der Waals surface area contributed by atoms with Crippen LogP contribution in [-0.4, -0.2) is 12.4 Å². The highest BCUT2D eigenvalue weighted by Gasteiger charge is 2.63. The summed E-state index contributed by atoms with van der Waals surface area (Å²) in [5.41, 5.74) is 23.5. The molecule has 4 heteroatoms. The van der Waals surface area contributed by atoms with Crippen LogP contribution in [0.5, 0.6) is 0 Å². The van der Waals surface area contributed by atoms with Gasteiger partial charge in [-0.05, 0) is 124 Å². The number of aryl methyl sites for hydroxylation is 1. The van der Waals surface area contributed by atoms with Crippen LogP contribution in [0.3, 0.4) is 0 Å². The van der Waals surface area contributed by atoms with Crippen molar-refractivity contribution >= 4 is 62.5 Å². The molecule has 61 heavy (non-hydrogen) atoms. The van der Waals surface area contributed by atoms with Crippen molar-refractivity contribution in [2.45, 2.75) is 95.9 Å². The molecule has 8 aromatic rings. The Balaban J connectivity index is 1.22. The molecule has 0 bridgehead atoms. The standard InChI is InChI=1S/C57H51BN2O/c1-6-7-18-35-27-28-47(40(31-35)36-19-9-8-10-20-36)59-48-33-41-38-22-12-14-26-49(38)61-50(41)34-46(48)58-52-43(32-42-37-21-11-13-24-44(37)55(2,3)51(42)54(52)59)39-23-17-25-45-53(39)60(58)57(5)30-16-15-29-56(45,57)4/h8-14,17,19-28,31-34H,6-7,15-16,18,29-30H2,1-5H3. The average molecular weight is 791 g/mol. The highest BCUT2D eigenvalue weighted by atomic mass is 16.3. The van der Waals surface area contributed by atoms with Gasteiger partial charge >= 0.3 is 6.85 Å². The van der Waals surface area contributed by atoms with Gasteiger partial charge in [0.1, 0.15) is 11.2 Å². The second-order valence-corrected chi connectivity index (χ2v) is 19.7. The maximum atomic E-state index is 6.85. The van der Waals surface area contributed by atoms with Gasteiger partial charge in [-0.25, -0.2) is 0 Å². The molecule has 3 aliphatic heterocycles. The van der Waals surface area contributed by atoms with E-state index in [-0.39, 0.29) is 23.2 Å². The van der Waals surface area contributed by atoms with Crippen LogP contribution in [0.1, 0.15) is 95.4 Å². The number of rotatable bonds is 5. The molecule has 2 aliphatic carbocycles. The third-order valence-electron chi connectivity index (χ3n) is 16.4. The minimum atomic E-state index is -0.243. The van der Waals surface area contributed by atoms with E-state index in [1.165, 1.54) is 139 Å². The van der Waals surface area contributed by atoms with Crippen LogP contribution >= 0.6 is 0 Å². The molecule has 0 saturated heterocycles. The van der Waals surface area contributed by atoms with Gasteiger partial charge in [0.2, 0.25) is 0 Å². The lowest BCUT2D eigenvalue weighted by atomic mass is 9.41. The Bertz CT molecular complexity index is 3180. The molecular weight excluding hydrogens is 739 g/mol. The fourth-order valence-corrected chi connectivity index (χ4v) is 13.2. The number of hydrogen-bond acceptors (Lipinski definition) is 3. The van der Waals surface area contributed by atoms with Gasteiger partial charge in [-0.15, -0.1) is 0 Å². The van der Waals surface area contributed by atoms with Crippen molar-refractivity contribution in [1.29, 1.82) is 0 Å². The highest BCUT2D eigenvalue weighted by Crippen LogP contribution is 2.65.